The first-order chi connectivity index (χ1) is 9.65. The normalized spacial score (nSPS) is 10.3. The van der Waals surface area contributed by atoms with E-state index < -0.39 is 4.92 Å². The molecule has 0 aromatic carbocycles. The molecule has 0 atom stereocenters. The Hall–Kier alpha value is -2.00. The fraction of sp³-hybridized carbons (Fsp3) is 0.636. The summed E-state index contributed by atoms with van der Waals surface area (Å²) in [7, 11) is 0. The highest BCUT2D eigenvalue weighted by molar-refractivity contribution is 5.70. The maximum absolute atomic E-state index is 11.3. The highest BCUT2D eigenvalue weighted by Crippen LogP contribution is 2.31. The van der Waals surface area contributed by atoms with E-state index in [9.17, 15) is 10.1 Å². The third kappa shape index (κ3) is 4.00. The van der Waals surface area contributed by atoms with Gasteiger partial charge in [-0.1, -0.05) is 6.92 Å². The zero-order chi connectivity index (χ0) is 15.0. The lowest BCUT2D eigenvalue weighted by molar-refractivity contribution is -0.383. The molecule has 1 heterocycles. The van der Waals surface area contributed by atoms with Crippen LogP contribution in [0.1, 0.15) is 13.3 Å². The van der Waals surface area contributed by atoms with Crippen LogP contribution in [-0.2, 0) is 0 Å². The van der Waals surface area contributed by atoms with Crippen molar-refractivity contribution in [1.29, 1.82) is 0 Å². The van der Waals surface area contributed by atoms with Crippen molar-refractivity contribution < 1.29 is 15.1 Å². The SMILES string of the molecule is CCCNc1ncnc(N(CCO)CCO)c1[N+](=O)[O-]. The molecule has 0 aliphatic heterocycles. The molecule has 1 rings (SSSR count). The van der Waals surface area contributed by atoms with Gasteiger partial charge in [0.1, 0.15) is 6.33 Å². The minimum atomic E-state index is -0.560. The molecule has 0 amide bonds. The highest BCUT2D eigenvalue weighted by atomic mass is 16.6. The van der Waals surface area contributed by atoms with E-state index in [1.54, 1.807) is 0 Å². The van der Waals surface area contributed by atoms with Crippen LogP contribution in [0.2, 0.25) is 0 Å². The van der Waals surface area contributed by atoms with Crippen LogP contribution in [0.25, 0.3) is 0 Å². The van der Waals surface area contributed by atoms with Gasteiger partial charge < -0.3 is 20.4 Å². The summed E-state index contributed by atoms with van der Waals surface area (Å²) < 4.78 is 0. The lowest BCUT2D eigenvalue weighted by Crippen LogP contribution is -2.31. The molecule has 3 N–H and O–H groups in total. The second-order valence-electron chi connectivity index (χ2n) is 4.01. The third-order valence-electron chi connectivity index (χ3n) is 2.57. The van der Waals surface area contributed by atoms with Crippen molar-refractivity contribution >= 4 is 17.3 Å². The average Bonchev–Trinajstić information content (AvgIpc) is 2.44. The van der Waals surface area contributed by atoms with Crippen molar-refractivity contribution in [2.24, 2.45) is 0 Å². The number of nitrogens with zero attached hydrogens (tertiary/aromatic N) is 4. The number of hydrogen-bond donors (Lipinski definition) is 3. The zero-order valence-electron chi connectivity index (χ0n) is 11.3. The molecule has 0 bridgehead atoms. The molecule has 0 fully saturated rings. The Labute approximate surface area is 116 Å². The number of hydrogen-bond acceptors (Lipinski definition) is 8. The average molecular weight is 285 g/mol. The van der Waals surface area contributed by atoms with E-state index in [2.05, 4.69) is 15.3 Å². The predicted octanol–water partition coefficient (Wildman–Crippen LogP) is -0.00230. The van der Waals surface area contributed by atoms with Crippen molar-refractivity contribution in [3.8, 4) is 0 Å². The van der Waals surface area contributed by atoms with Gasteiger partial charge in [-0.05, 0) is 6.42 Å². The quantitative estimate of drug-likeness (QED) is 0.427. The maximum atomic E-state index is 11.3. The van der Waals surface area contributed by atoms with Crippen LogP contribution in [0.15, 0.2) is 6.33 Å². The zero-order valence-corrected chi connectivity index (χ0v) is 11.3. The summed E-state index contributed by atoms with van der Waals surface area (Å²) >= 11 is 0. The maximum Gasteiger partial charge on any atom is 0.353 e. The van der Waals surface area contributed by atoms with Crippen molar-refractivity contribution in [3.63, 3.8) is 0 Å². The van der Waals surface area contributed by atoms with Crippen LogP contribution in [-0.4, -0.2) is 58.0 Å². The summed E-state index contributed by atoms with van der Waals surface area (Å²) in [5.74, 6) is 0.231. The summed E-state index contributed by atoms with van der Waals surface area (Å²) in [4.78, 5) is 19.9. The van der Waals surface area contributed by atoms with Gasteiger partial charge in [-0.15, -0.1) is 0 Å². The molecular formula is C11H19N5O4. The summed E-state index contributed by atoms with van der Waals surface area (Å²) in [5.41, 5.74) is -0.247. The molecule has 9 nitrogen and oxygen atoms in total. The fourth-order valence-corrected chi connectivity index (χ4v) is 1.71. The minimum absolute atomic E-state index is 0.0895. The van der Waals surface area contributed by atoms with E-state index in [1.165, 1.54) is 11.2 Å². The Morgan fingerprint density at radius 1 is 1.35 bits per heavy atom. The summed E-state index contributed by atoms with van der Waals surface area (Å²) in [6.45, 7) is 2.39. The standard InChI is InChI=1S/C11H19N5O4/c1-2-3-12-10-9(16(19)20)11(14-8-13-10)15(4-6-17)5-7-18/h8,17-18H,2-7H2,1H3,(H,12,13,14). The van der Waals surface area contributed by atoms with Gasteiger partial charge in [-0.3, -0.25) is 10.1 Å². The van der Waals surface area contributed by atoms with Crippen LogP contribution in [0.3, 0.4) is 0 Å². The Kier molecular flexibility index (Phi) is 6.60. The Morgan fingerprint density at radius 2 is 2.00 bits per heavy atom. The number of aromatic nitrogens is 2. The first-order valence-corrected chi connectivity index (χ1v) is 6.35. The van der Waals surface area contributed by atoms with Crippen LogP contribution >= 0.6 is 0 Å². The van der Waals surface area contributed by atoms with Gasteiger partial charge in [-0.2, -0.15) is 0 Å². The molecule has 0 unspecified atom stereocenters. The van der Waals surface area contributed by atoms with E-state index in [0.29, 0.717) is 6.54 Å². The van der Waals surface area contributed by atoms with Crippen molar-refractivity contribution in [2.75, 3.05) is 43.1 Å². The van der Waals surface area contributed by atoms with Crippen LogP contribution in [0, 0.1) is 10.1 Å². The molecule has 0 radical (unpaired) electrons. The second kappa shape index (κ2) is 8.23. The summed E-state index contributed by atoms with van der Waals surface area (Å²) in [6, 6.07) is 0. The number of rotatable bonds is 9. The van der Waals surface area contributed by atoms with Gasteiger partial charge in [0.05, 0.1) is 18.1 Å². The Balaban J connectivity index is 3.18. The largest absolute Gasteiger partial charge is 0.395 e. The topological polar surface area (TPSA) is 125 Å². The van der Waals surface area contributed by atoms with Gasteiger partial charge in [0, 0.05) is 19.6 Å². The lowest BCUT2D eigenvalue weighted by Gasteiger charge is -2.21. The van der Waals surface area contributed by atoms with Gasteiger partial charge in [0.2, 0.25) is 11.6 Å². The minimum Gasteiger partial charge on any atom is -0.395 e. The molecule has 9 heteroatoms. The third-order valence-corrected chi connectivity index (χ3v) is 2.57. The molecule has 0 saturated heterocycles. The molecule has 112 valence electrons. The van der Waals surface area contributed by atoms with Crippen molar-refractivity contribution in [1.82, 2.24) is 9.97 Å². The van der Waals surface area contributed by atoms with Gasteiger partial charge in [0.25, 0.3) is 0 Å². The summed E-state index contributed by atoms with van der Waals surface area (Å²) in [5, 5.41) is 32.2. The van der Waals surface area contributed by atoms with E-state index in [4.69, 9.17) is 10.2 Å². The van der Waals surface area contributed by atoms with Gasteiger partial charge in [0.15, 0.2) is 0 Å². The number of nitrogens with one attached hydrogen (secondary N) is 1. The molecule has 1 aromatic heterocycles. The van der Waals surface area contributed by atoms with E-state index in [1.807, 2.05) is 6.92 Å². The van der Waals surface area contributed by atoms with Gasteiger partial charge in [-0.25, -0.2) is 9.97 Å². The van der Waals surface area contributed by atoms with E-state index in [0.717, 1.165) is 6.42 Å². The monoisotopic (exact) mass is 285 g/mol. The van der Waals surface area contributed by atoms with Crippen LogP contribution in [0.4, 0.5) is 17.3 Å². The number of aliphatic hydroxyl groups excluding tert-OH is 2. The molecule has 20 heavy (non-hydrogen) atoms. The number of nitro groups is 1. The number of anilines is 2. The second-order valence-corrected chi connectivity index (χ2v) is 4.01. The number of aliphatic hydroxyl groups is 2. The molecule has 1 aromatic rings. The van der Waals surface area contributed by atoms with E-state index in [-0.39, 0.29) is 43.6 Å². The Bertz CT molecular complexity index is 437. The summed E-state index contributed by atoms with van der Waals surface area (Å²) in [6.07, 6.45) is 2.02. The first-order valence-electron chi connectivity index (χ1n) is 6.35. The Morgan fingerprint density at radius 3 is 2.50 bits per heavy atom. The van der Waals surface area contributed by atoms with Crippen LogP contribution in [0.5, 0.6) is 0 Å². The molecule has 0 aliphatic rings. The molecule has 0 spiro atoms. The predicted molar refractivity (Wildman–Crippen MR) is 73.9 cm³/mol. The van der Waals surface area contributed by atoms with Gasteiger partial charge >= 0.3 is 5.69 Å². The van der Waals surface area contributed by atoms with Crippen molar-refractivity contribution in [2.45, 2.75) is 13.3 Å². The fourth-order valence-electron chi connectivity index (χ4n) is 1.71. The lowest BCUT2D eigenvalue weighted by atomic mass is 10.3. The van der Waals surface area contributed by atoms with E-state index >= 15 is 0 Å². The smallest absolute Gasteiger partial charge is 0.353 e. The first kappa shape index (κ1) is 16.1. The van der Waals surface area contributed by atoms with Crippen molar-refractivity contribution in [3.05, 3.63) is 16.4 Å². The molecule has 0 aliphatic carbocycles. The molecular weight excluding hydrogens is 266 g/mol. The highest BCUT2D eigenvalue weighted by Gasteiger charge is 2.26. The molecule has 0 saturated carbocycles. The van der Waals surface area contributed by atoms with Crippen LogP contribution < -0.4 is 10.2 Å².